The summed E-state index contributed by atoms with van der Waals surface area (Å²) in [6, 6.07) is 14.5. The maximum Gasteiger partial charge on any atom is 0.346 e. The third-order valence-electron chi connectivity index (χ3n) is 7.05. The largest absolute Gasteiger partial charge is 0.490 e. The fourth-order valence-electron chi connectivity index (χ4n) is 4.51. The lowest BCUT2D eigenvalue weighted by Gasteiger charge is -2.11. The molecule has 0 aliphatic heterocycles. The van der Waals surface area contributed by atoms with E-state index >= 15 is 0 Å². The fraction of sp³-hybridized carbons (Fsp3) is 0.429. The van der Waals surface area contributed by atoms with Gasteiger partial charge in [0.15, 0.2) is 17.7 Å². The monoisotopic (exact) mass is 598 g/mol. The van der Waals surface area contributed by atoms with Crippen LogP contribution in [0.5, 0.6) is 17.2 Å². The molecule has 0 saturated heterocycles. The smallest absolute Gasteiger partial charge is 0.346 e. The van der Waals surface area contributed by atoms with Crippen LogP contribution in [0.4, 0.5) is 13.2 Å². The molecular formula is C35H41F3O5. The minimum absolute atomic E-state index is 0.0592. The Morgan fingerprint density at radius 1 is 0.674 bits per heavy atom. The van der Waals surface area contributed by atoms with E-state index in [1.165, 1.54) is 79.9 Å². The van der Waals surface area contributed by atoms with E-state index in [0.29, 0.717) is 18.6 Å². The minimum Gasteiger partial charge on any atom is -0.490 e. The van der Waals surface area contributed by atoms with E-state index in [1.807, 2.05) is 0 Å². The van der Waals surface area contributed by atoms with Gasteiger partial charge in [0.2, 0.25) is 5.82 Å². The number of hydrogen-bond donors (Lipinski definition) is 0. The van der Waals surface area contributed by atoms with Crippen LogP contribution in [0.1, 0.15) is 94.8 Å². The molecule has 43 heavy (non-hydrogen) atoms. The number of benzene rings is 3. The van der Waals surface area contributed by atoms with Crippen molar-refractivity contribution in [1.29, 1.82) is 0 Å². The molecule has 0 heterocycles. The molecule has 0 N–H and O–H groups in total. The standard InChI is InChI=1S/C35H41F3O5/c1-3-5-7-9-10-12-24-41-31-23-22-29(32(37)33(31)38)25-14-18-27(19-15-25)42-34(39)26-16-20-28(21-17-26)43-35(40)30(36)13-11-8-6-4-2/h14-23,30H,3-13,24H2,1-2H3/t30-/m0/s1. The molecule has 0 fully saturated rings. The highest BCUT2D eigenvalue weighted by molar-refractivity contribution is 5.91. The van der Waals surface area contributed by atoms with Crippen LogP contribution in [-0.2, 0) is 4.79 Å². The number of esters is 2. The Balaban J connectivity index is 1.51. The summed E-state index contributed by atoms with van der Waals surface area (Å²) in [7, 11) is 0. The summed E-state index contributed by atoms with van der Waals surface area (Å²) in [6.45, 7) is 4.53. The van der Waals surface area contributed by atoms with Crippen LogP contribution < -0.4 is 14.2 Å². The predicted octanol–water partition coefficient (Wildman–Crippen LogP) is 9.80. The van der Waals surface area contributed by atoms with Crippen molar-refractivity contribution in [3.05, 3.63) is 77.9 Å². The van der Waals surface area contributed by atoms with Crippen molar-refractivity contribution >= 4 is 11.9 Å². The second-order valence-electron chi connectivity index (χ2n) is 10.5. The number of unbranched alkanes of at least 4 members (excludes halogenated alkanes) is 8. The van der Waals surface area contributed by atoms with Crippen LogP contribution in [0.2, 0.25) is 0 Å². The van der Waals surface area contributed by atoms with Crippen molar-refractivity contribution < 1.29 is 37.0 Å². The Morgan fingerprint density at radius 3 is 1.93 bits per heavy atom. The molecule has 5 nitrogen and oxygen atoms in total. The molecule has 3 aromatic carbocycles. The van der Waals surface area contributed by atoms with Gasteiger partial charge in [-0.05, 0) is 73.4 Å². The molecule has 3 aromatic rings. The summed E-state index contributed by atoms with van der Waals surface area (Å²) < 4.78 is 59.5. The highest BCUT2D eigenvalue weighted by Crippen LogP contribution is 2.31. The number of rotatable bonds is 18. The molecule has 0 radical (unpaired) electrons. The SMILES string of the molecule is CCCCCCCCOc1ccc(-c2ccc(OC(=O)c3ccc(OC(=O)[C@@H](F)CCCCCC)cc3)cc2)c(F)c1F. The van der Waals surface area contributed by atoms with Gasteiger partial charge in [-0.2, -0.15) is 4.39 Å². The highest BCUT2D eigenvalue weighted by atomic mass is 19.2. The number of alkyl halides is 1. The van der Waals surface area contributed by atoms with Crippen molar-refractivity contribution in [3.63, 3.8) is 0 Å². The van der Waals surface area contributed by atoms with Gasteiger partial charge in [0, 0.05) is 5.56 Å². The van der Waals surface area contributed by atoms with Crippen LogP contribution in [0.25, 0.3) is 11.1 Å². The molecule has 0 aliphatic rings. The van der Waals surface area contributed by atoms with Gasteiger partial charge in [0.25, 0.3) is 0 Å². The fourth-order valence-corrected chi connectivity index (χ4v) is 4.51. The molecular weight excluding hydrogens is 557 g/mol. The third-order valence-corrected chi connectivity index (χ3v) is 7.05. The molecule has 0 aliphatic carbocycles. The van der Waals surface area contributed by atoms with E-state index in [9.17, 15) is 22.8 Å². The first-order valence-electron chi connectivity index (χ1n) is 15.2. The van der Waals surface area contributed by atoms with Gasteiger partial charge < -0.3 is 14.2 Å². The van der Waals surface area contributed by atoms with Crippen LogP contribution >= 0.6 is 0 Å². The molecule has 1 atom stereocenters. The number of carbonyl (C=O) groups excluding carboxylic acids is 2. The quantitative estimate of drug-likeness (QED) is 0.0829. The van der Waals surface area contributed by atoms with E-state index in [1.54, 1.807) is 0 Å². The van der Waals surface area contributed by atoms with Crippen molar-refractivity contribution in [2.75, 3.05) is 6.61 Å². The zero-order valence-corrected chi connectivity index (χ0v) is 25.0. The second-order valence-corrected chi connectivity index (χ2v) is 10.5. The second kappa shape index (κ2) is 18.0. The maximum absolute atomic E-state index is 14.8. The minimum atomic E-state index is -1.70. The number of ether oxygens (including phenoxy) is 3. The first-order chi connectivity index (χ1) is 20.8. The van der Waals surface area contributed by atoms with Crippen molar-refractivity contribution in [2.24, 2.45) is 0 Å². The molecule has 0 spiro atoms. The molecule has 0 bridgehead atoms. The number of halogens is 3. The third kappa shape index (κ3) is 10.8. The summed E-state index contributed by atoms with van der Waals surface area (Å²) in [5.41, 5.74) is 0.648. The Kier molecular flexibility index (Phi) is 14.1. The van der Waals surface area contributed by atoms with E-state index in [-0.39, 0.29) is 34.8 Å². The summed E-state index contributed by atoms with van der Waals surface area (Å²) in [5.74, 6) is -3.48. The number of carbonyl (C=O) groups is 2. The van der Waals surface area contributed by atoms with Crippen LogP contribution in [0.15, 0.2) is 60.7 Å². The lowest BCUT2D eigenvalue weighted by atomic mass is 10.0. The zero-order valence-electron chi connectivity index (χ0n) is 25.0. The summed E-state index contributed by atoms with van der Waals surface area (Å²) in [5, 5.41) is 0. The van der Waals surface area contributed by atoms with Crippen molar-refractivity contribution in [2.45, 2.75) is 90.6 Å². The molecule has 0 unspecified atom stereocenters. The van der Waals surface area contributed by atoms with E-state index in [4.69, 9.17) is 14.2 Å². The molecule has 0 amide bonds. The van der Waals surface area contributed by atoms with Gasteiger partial charge in [-0.1, -0.05) is 77.3 Å². The topological polar surface area (TPSA) is 61.8 Å². The summed E-state index contributed by atoms with van der Waals surface area (Å²) >= 11 is 0. The number of hydrogen-bond acceptors (Lipinski definition) is 5. The van der Waals surface area contributed by atoms with Gasteiger partial charge in [-0.15, -0.1) is 0 Å². The Hall–Kier alpha value is -3.81. The van der Waals surface area contributed by atoms with E-state index in [0.717, 1.165) is 38.5 Å². The first kappa shape index (κ1) is 33.7. The zero-order chi connectivity index (χ0) is 31.0. The average Bonchev–Trinajstić information content (AvgIpc) is 3.01. The van der Waals surface area contributed by atoms with E-state index in [2.05, 4.69) is 13.8 Å². The molecule has 8 heteroatoms. The van der Waals surface area contributed by atoms with Gasteiger partial charge in [-0.25, -0.2) is 18.4 Å². The van der Waals surface area contributed by atoms with Gasteiger partial charge in [0.1, 0.15) is 11.5 Å². The summed E-state index contributed by atoms with van der Waals surface area (Å²) in [4.78, 5) is 24.6. The molecule has 3 rings (SSSR count). The van der Waals surface area contributed by atoms with Crippen LogP contribution in [0.3, 0.4) is 0 Å². The Morgan fingerprint density at radius 2 is 1.26 bits per heavy atom. The van der Waals surface area contributed by atoms with Gasteiger partial charge in [0.05, 0.1) is 12.2 Å². The lowest BCUT2D eigenvalue weighted by molar-refractivity contribution is -0.140. The van der Waals surface area contributed by atoms with Crippen molar-refractivity contribution in [3.8, 4) is 28.4 Å². The van der Waals surface area contributed by atoms with Crippen molar-refractivity contribution in [1.82, 2.24) is 0 Å². The first-order valence-corrected chi connectivity index (χ1v) is 15.2. The molecule has 232 valence electrons. The van der Waals surface area contributed by atoms with Gasteiger partial charge >= 0.3 is 11.9 Å². The normalized spacial score (nSPS) is 11.7. The Bertz CT molecular complexity index is 1290. The average molecular weight is 599 g/mol. The molecule has 0 aromatic heterocycles. The van der Waals surface area contributed by atoms with Crippen LogP contribution in [0, 0.1) is 11.6 Å². The lowest BCUT2D eigenvalue weighted by Crippen LogP contribution is -2.21. The predicted molar refractivity (Wildman–Crippen MR) is 161 cm³/mol. The van der Waals surface area contributed by atoms with Gasteiger partial charge in [-0.3, -0.25) is 0 Å². The highest BCUT2D eigenvalue weighted by Gasteiger charge is 2.20. The maximum atomic E-state index is 14.8. The van der Waals surface area contributed by atoms with E-state index < -0.39 is 29.7 Å². The summed E-state index contributed by atoms with van der Waals surface area (Å²) in [6.07, 6.45) is 8.30. The van der Waals surface area contributed by atoms with Crippen LogP contribution in [-0.4, -0.2) is 24.7 Å². The molecule has 0 saturated carbocycles. The Labute approximate surface area is 252 Å².